The SMILES string of the molecule is Cl.NC(Cc1ccc(-c2cc(Cl)ccc2Cl)cc1)C(=O)OCc1ccccc1. The second-order valence-electron chi connectivity index (χ2n) is 6.23. The molecule has 3 rings (SSSR count). The maximum atomic E-state index is 12.1. The Morgan fingerprint density at radius 1 is 0.929 bits per heavy atom. The minimum Gasteiger partial charge on any atom is -0.460 e. The van der Waals surface area contributed by atoms with Crippen LogP contribution in [-0.4, -0.2) is 12.0 Å². The van der Waals surface area contributed by atoms with Crippen molar-refractivity contribution in [2.75, 3.05) is 0 Å². The molecule has 6 heteroatoms. The molecule has 3 aromatic rings. The summed E-state index contributed by atoms with van der Waals surface area (Å²) >= 11 is 12.3. The van der Waals surface area contributed by atoms with Crippen molar-refractivity contribution < 1.29 is 9.53 Å². The summed E-state index contributed by atoms with van der Waals surface area (Å²) in [6.45, 7) is 0.222. The van der Waals surface area contributed by atoms with Gasteiger partial charge in [0.1, 0.15) is 12.6 Å². The number of rotatable bonds is 6. The molecule has 28 heavy (non-hydrogen) atoms. The van der Waals surface area contributed by atoms with Crippen molar-refractivity contribution in [3.05, 3.63) is 94.0 Å². The van der Waals surface area contributed by atoms with Crippen molar-refractivity contribution in [1.29, 1.82) is 0 Å². The van der Waals surface area contributed by atoms with Crippen LogP contribution in [0.15, 0.2) is 72.8 Å². The topological polar surface area (TPSA) is 52.3 Å². The van der Waals surface area contributed by atoms with Crippen LogP contribution in [0.2, 0.25) is 10.0 Å². The summed E-state index contributed by atoms with van der Waals surface area (Å²) in [5.74, 6) is -0.416. The second kappa shape index (κ2) is 10.5. The highest BCUT2D eigenvalue weighted by Crippen LogP contribution is 2.30. The van der Waals surface area contributed by atoms with Crippen LogP contribution in [0.3, 0.4) is 0 Å². The Kier molecular flexibility index (Phi) is 8.34. The molecule has 1 atom stereocenters. The van der Waals surface area contributed by atoms with Gasteiger partial charge in [0.2, 0.25) is 0 Å². The average molecular weight is 437 g/mol. The van der Waals surface area contributed by atoms with Gasteiger partial charge in [0, 0.05) is 15.6 Å². The van der Waals surface area contributed by atoms with Gasteiger partial charge >= 0.3 is 5.97 Å². The number of benzene rings is 3. The van der Waals surface area contributed by atoms with Crippen LogP contribution >= 0.6 is 35.6 Å². The molecule has 0 spiro atoms. The van der Waals surface area contributed by atoms with Gasteiger partial charge in [-0.1, -0.05) is 77.8 Å². The van der Waals surface area contributed by atoms with E-state index in [2.05, 4.69) is 0 Å². The van der Waals surface area contributed by atoms with Crippen molar-refractivity contribution in [1.82, 2.24) is 0 Å². The number of hydrogen-bond donors (Lipinski definition) is 1. The third kappa shape index (κ3) is 5.98. The van der Waals surface area contributed by atoms with Crippen molar-refractivity contribution in [2.24, 2.45) is 5.73 Å². The Balaban J connectivity index is 0.00000280. The first kappa shape index (κ1) is 22.3. The number of hydrogen-bond acceptors (Lipinski definition) is 3. The minimum absolute atomic E-state index is 0. The quantitative estimate of drug-likeness (QED) is 0.505. The predicted molar refractivity (Wildman–Crippen MR) is 117 cm³/mol. The molecule has 3 aromatic carbocycles. The van der Waals surface area contributed by atoms with E-state index in [4.69, 9.17) is 33.7 Å². The molecule has 146 valence electrons. The molecule has 0 aliphatic rings. The summed E-state index contributed by atoms with van der Waals surface area (Å²) in [4.78, 5) is 12.1. The summed E-state index contributed by atoms with van der Waals surface area (Å²) in [6, 6.07) is 21.9. The summed E-state index contributed by atoms with van der Waals surface area (Å²) in [5.41, 5.74) is 9.68. The largest absolute Gasteiger partial charge is 0.460 e. The number of nitrogens with two attached hydrogens (primary N) is 1. The van der Waals surface area contributed by atoms with E-state index in [-0.39, 0.29) is 19.0 Å². The van der Waals surface area contributed by atoms with E-state index in [0.717, 1.165) is 22.3 Å². The van der Waals surface area contributed by atoms with Crippen molar-refractivity contribution in [2.45, 2.75) is 19.1 Å². The van der Waals surface area contributed by atoms with Crippen LogP contribution in [0, 0.1) is 0 Å². The maximum Gasteiger partial charge on any atom is 0.323 e. The minimum atomic E-state index is -0.714. The molecule has 0 aromatic heterocycles. The first-order valence-corrected chi connectivity index (χ1v) is 9.29. The molecule has 1 unspecified atom stereocenters. The lowest BCUT2D eigenvalue weighted by atomic mass is 10.0. The molecule has 0 fully saturated rings. The number of ether oxygens (including phenoxy) is 1. The Hall–Kier alpha value is -2.04. The molecule has 0 saturated carbocycles. The van der Waals surface area contributed by atoms with Crippen LogP contribution in [0.25, 0.3) is 11.1 Å². The van der Waals surface area contributed by atoms with E-state index in [0.29, 0.717) is 16.5 Å². The molecule has 2 N–H and O–H groups in total. The van der Waals surface area contributed by atoms with Gasteiger partial charge in [0.05, 0.1) is 0 Å². The first-order chi connectivity index (χ1) is 13.0. The number of carbonyl (C=O) groups excluding carboxylic acids is 1. The zero-order valence-electron chi connectivity index (χ0n) is 15.0. The van der Waals surface area contributed by atoms with E-state index in [1.54, 1.807) is 12.1 Å². The number of halogens is 3. The lowest BCUT2D eigenvalue weighted by molar-refractivity contribution is -0.146. The van der Waals surface area contributed by atoms with Gasteiger partial charge in [0.25, 0.3) is 0 Å². The van der Waals surface area contributed by atoms with Crippen LogP contribution in [0.4, 0.5) is 0 Å². The highest BCUT2D eigenvalue weighted by molar-refractivity contribution is 6.35. The zero-order chi connectivity index (χ0) is 19.2. The summed E-state index contributed by atoms with van der Waals surface area (Å²) in [5, 5.41) is 1.26. The van der Waals surface area contributed by atoms with Gasteiger partial charge in [0.15, 0.2) is 0 Å². The molecule has 0 bridgehead atoms. The molecular weight excluding hydrogens is 417 g/mol. The first-order valence-electron chi connectivity index (χ1n) is 8.53. The normalized spacial score (nSPS) is 11.4. The standard InChI is InChI=1S/C22H19Cl2NO2.ClH/c23-18-10-11-20(24)19(13-18)17-8-6-15(7-9-17)12-21(25)22(26)27-14-16-4-2-1-3-5-16;/h1-11,13,21H,12,14,25H2;1H. The van der Waals surface area contributed by atoms with Crippen molar-refractivity contribution >= 4 is 41.6 Å². The molecule has 0 radical (unpaired) electrons. The third-order valence-electron chi connectivity index (χ3n) is 4.18. The number of esters is 1. The van der Waals surface area contributed by atoms with Crippen molar-refractivity contribution in [3.8, 4) is 11.1 Å². The predicted octanol–water partition coefficient (Wildman–Crippen LogP) is 5.70. The molecule has 0 aliphatic heterocycles. The van der Waals surface area contributed by atoms with E-state index >= 15 is 0 Å². The van der Waals surface area contributed by atoms with Gasteiger partial charge in [-0.2, -0.15) is 0 Å². The zero-order valence-corrected chi connectivity index (χ0v) is 17.3. The van der Waals surface area contributed by atoms with E-state index < -0.39 is 12.0 Å². The fourth-order valence-electron chi connectivity index (χ4n) is 2.71. The highest BCUT2D eigenvalue weighted by atomic mass is 35.5. The fraction of sp³-hybridized carbons (Fsp3) is 0.136. The highest BCUT2D eigenvalue weighted by Gasteiger charge is 2.16. The monoisotopic (exact) mass is 435 g/mol. The van der Waals surface area contributed by atoms with E-state index in [1.165, 1.54) is 0 Å². The number of carbonyl (C=O) groups is 1. The molecule has 3 nitrogen and oxygen atoms in total. The summed E-state index contributed by atoms with van der Waals surface area (Å²) in [7, 11) is 0. The van der Waals surface area contributed by atoms with Crippen molar-refractivity contribution in [3.63, 3.8) is 0 Å². The summed E-state index contributed by atoms with van der Waals surface area (Å²) < 4.78 is 5.29. The van der Waals surface area contributed by atoms with Gasteiger partial charge in [-0.15, -0.1) is 12.4 Å². The van der Waals surface area contributed by atoms with E-state index in [1.807, 2.05) is 60.7 Å². The van der Waals surface area contributed by atoms with Crippen LogP contribution < -0.4 is 5.73 Å². The molecular formula is C22H20Cl3NO2. The summed E-state index contributed by atoms with van der Waals surface area (Å²) in [6.07, 6.45) is 0.400. The smallest absolute Gasteiger partial charge is 0.323 e. The lowest BCUT2D eigenvalue weighted by Gasteiger charge is -2.12. The lowest BCUT2D eigenvalue weighted by Crippen LogP contribution is -2.34. The van der Waals surface area contributed by atoms with Gasteiger partial charge in [-0.05, 0) is 41.3 Å². The van der Waals surface area contributed by atoms with E-state index in [9.17, 15) is 4.79 Å². The second-order valence-corrected chi connectivity index (χ2v) is 7.07. The fourth-order valence-corrected chi connectivity index (χ4v) is 3.11. The molecule has 0 heterocycles. The Bertz CT molecular complexity index is 915. The molecule has 0 saturated heterocycles. The van der Waals surface area contributed by atoms with Gasteiger partial charge in [-0.25, -0.2) is 0 Å². The average Bonchev–Trinajstić information content (AvgIpc) is 2.69. The van der Waals surface area contributed by atoms with Crippen LogP contribution in [0.5, 0.6) is 0 Å². The maximum absolute atomic E-state index is 12.1. The van der Waals surface area contributed by atoms with Crippen LogP contribution in [0.1, 0.15) is 11.1 Å². The van der Waals surface area contributed by atoms with Gasteiger partial charge < -0.3 is 10.5 Å². The Labute approximate surface area is 180 Å². The Morgan fingerprint density at radius 3 is 2.29 bits per heavy atom. The van der Waals surface area contributed by atoms with Crippen LogP contribution in [-0.2, 0) is 22.6 Å². The Morgan fingerprint density at radius 2 is 1.61 bits per heavy atom. The van der Waals surface area contributed by atoms with Gasteiger partial charge in [-0.3, -0.25) is 4.79 Å². The third-order valence-corrected chi connectivity index (χ3v) is 4.74. The molecule has 0 aliphatic carbocycles. The molecule has 0 amide bonds.